The number of pyridine rings is 1. The first-order chi connectivity index (χ1) is 12.9. The molecule has 0 aliphatic heterocycles. The van der Waals surface area contributed by atoms with E-state index in [9.17, 15) is 13.2 Å². The molecule has 1 unspecified atom stereocenters. The van der Waals surface area contributed by atoms with Gasteiger partial charge in [-0.05, 0) is 30.8 Å². The largest absolute Gasteiger partial charge is 0.345 e. The molecule has 1 amide bonds. The molecule has 2 heterocycles. The molecule has 8 heteroatoms. The Morgan fingerprint density at radius 3 is 2.44 bits per heavy atom. The molecule has 0 aliphatic carbocycles. The summed E-state index contributed by atoms with van der Waals surface area (Å²) in [6, 6.07) is 15.9. The molecule has 2 N–H and O–H groups in total. The van der Waals surface area contributed by atoms with E-state index in [1.807, 2.05) is 42.5 Å². The van der Waals surface area contributed by atoms with Crippen LogP contribution in [0.3, 0.4) is 0 Å². The Hall–Kier alpha value is -2.97. The third-order valence-electron chi connectivity index (χ3n) is 4.18. The van der Waals surface area contributed by atoms with Gasteiger partial charge < -0.3 is 9.88 Å². The van der Waals surface area contributed by atoms with E-state index in [0.717, 1.165) is 5.56 Å². The second-order valence-electron chi connectivity index (χ2n) is 5.95. The number of aromatic nitrogens is 2. The molecule has 0 radical (unpaired) electrons. The first-order valence-electron chi connectivity index (χ1n) is 8.29. The van der Waals surface area contributed by atoms with Gasteiger partial charge in [-0.2, -0.15) is 0 Å². The minimum Gasteiger partial charge on any atom is -0.345 e. The number of amides is 1. The summed E-state index contributed by atoms with van der Waals surface area (Å²) in [6.07, 6.45) is 3.07. The van der Waals surface area contributed by atoms with Crippen LogP contribution in [-0.4, -0.2) is 30.9 Å². The smallest absolute Gasteiger partial charge is 0.268 e. The lowest BCUT2D eigenvalue weighted by molar-refractivity contribution is 0.0934. The zero-order valence-electron chi connectivity index (χ0n) is 15.0. The van der Waals surface area contributed by atoms with E-state index in [0.29, 0.717) is 5.69 Å². The summed E-state index contributed by atoms with van der Waals surface area (Å²) in [5, 5.41) is 2.95. The first-order valence-corrected chi connectivity index (χ1v) is 9.77. The number of nitrogens with one attached hydrogen (secondary N) is 2. The average Bonchev–Trinajstić information content (AvgIpc) is 3.10. The van der Waals surface area contributed by atoms with Crippen molar-refractivity contribution < 1.29 is 13.2 Å². The topological polar surface area (TPSA) is 93.1 Å². The Kier molecular flexibility index (Phi) is 5.38. The number of carbonyl (C=O) groups excluding carboxylic acids is 1. The maximum absolute atomic E-state index is 12.9. The number of benzene rings is 1. The molecule has 0 spiro atoms. The van der Waals surface area contributed by atoms with Crippen molar-refractivity contribution in [2.75, 3.05) is 7.05 Å². The zero-order valence-corrected chi connectivity index (χ0v) is 15.8. The number of rotatable bonds is 6. The number of hydrogen-bond donors (Lipinski definition) is 2. The van der Waals surface area contributed by atoms with Gasteiger partial charge in [0.2, 0.25) is 10.0 Å². The Morgan fingerprint density at radius 2 is 1.81 bits per heavy atom. The maximum atomic E-state index is 12.9. The summed E-state index contributed by atoms with van der Waals surface area (Å²) >= 11 is 0. The van der Waals surface area contributed by atoms with Crippen molar-refractivity contribution in [3.05, 3.63) is 83.9 Å². The van der Waals surface area contributed by atoms with E-state index in [1.54, 1.807) is 19.3 Å². The van der Waals surface area contributed by atoms with Crippen molar-refractivity contribution in [2.24, 2.45) is 7.05 Å². The minimum atomic E-state index is -3.63. The fourth-order valence-corrected chi connectivity index (χ4v) is 3.55. The number of sulfonamides is 1. The van der Waals surface area contributed by atoms with E-state index in [1.165, 1.54) is 23.9 Å². The van der Waals surface area contributed by atoms with Gasteiger partial charge >= 0.3 is 0 Å². The van der Waals surface area contributed by atoms with Crippen LogP contribution in [0.4, 0.5) is 0 Å². The summed E-state index contributed by atoms with van der Waals surface area (Å²) < 4.78 is 27.7. The van der Waals surface area contributed by atoms with Gasteiger partial charge in [-0.15, -0.1) is 0 Å². The molecule has 0 aliphatic rings. The first kappa shape index (κ1) is 18.8. The van der Waals surface area contributed by atoms with Crippen LogP contribution in [0, 0.1) is 0 Å². The molecular formula is C19H20N4O3S. The van der Waals surface area contributed by atoms with Crippen molar-refractivity contribution in [3.8, 4) is 0 Å². The number of nitrogens with zero attached hydrogens (tertiary/aromatic N) is 2. The van der Waals surface area contributed by atoms with Crippen LogP contribution in [0.5, 0.6) is 0 Å². The van der Waals surface area contributed by atoms with E-state index in [-0.39, 0.29) is 10.6 Å². The Balaban J connectivity index is 1.94. The molecule has 0 saturated carbocycles. The van der Waals surface area contributed by atoms with Gasteiger partial charge in [0.1, 0.15) is 10.6 Å². The van der Waals surface area contributed by atoms with Crippen LogP contribution in [0.2, 0.25) is 0 Å². The monoisotopic (exact) mass is 384 g/mol. The van der Waals surface area contributed by atoms with Crippen LogP contribution >= 0.6 is 0 Å². The highest BCUT2D eigenvalue weighted by atomic mass is 32.2. The van der Waals surface area contributed by atoms with Gasteiger partial charge in [0.15, 0.2) is 0 Å². The van der Waals surface area contributed by atoms with E-state index < -0.39 is 22.0 Å². The fraction of sp³-hybridized carbons (Fsp3) is 0.158. The summed E-state index contributed by atoms with van der Waals surface area (Å²) in [6.45, 7) is 0. The molecule has 140 valence electrons. The van der Waals surface area contributed by atoms with Crippen molar-refractivity contribution in [1.82, 2.24) is 19.6 Å². The minimum absolute atomic E-state index is 0.0340. The molecule has 2 aromatic heterocycles. The summed E-state index contributed by atoms with van der Waals surface area (Å²) in [5.41, 5.74) is 1.80. The Morgan fingerprint density at radius 1 is 1.11 bits per heavy atom. The van der Waals surface area contributed by atoms with Crippen molar-refractivity contribution in [1.29, 1.82) is 0 Å². The maximum Gasteiger partial charge on any atom is 0.268 e. The van der Waals surface area contributed by atoms with E-state index in [4.69, 9.17) is 0 Å². The lowest BCUT2D eigenvalue weighted by Gasteiger charge is -2.19. The van der Waals surface area contributed by atoms with Gasteiger partial charge in [0.05, 0.1) is 11.7 Å². The third-order valence-corrected chi connectivity index (χ3v) is 5.56. The van der Waals surface area contributed by atoms with Gasteiger partial charge in [0.25, 0.3) is 5.91 Å². The van der Waals surface area contributed by atoms with E-state index in [2.05, 4.69) is 15.0 Å². The molecular weight excluding hydrogens is 364 g/mol. The molecule has 0 bridgehead atoms. The molecule has 27 heavy (non-hydrogen) atoms. The lowest BCUT2D eigenvalue weighted by Crippen LogP contribution is -2.31. The third kappa shape index (κ3) is 4.07. The standard InChI is InChI=1S/C19H20N4O3S/c1-20-27(25,26)15-12-17(23(2)13-15)19(24)22-18(14-8-4-3-5-9-14)16-10-6-7-11-21-16/h3-13,18,20H,1-2H3,(H,22,24). The predicted molar refractivity (Wildman–Crippen MR) is 102 cm³/mol. The molecule has 0 saturated heterocycles. The van der Waals surface area contributed by atoms with E-state index >= 15 is 0 Å². The molecule has 3 aromatic rings. The SMILES string of the molecule is CNS(=O)(=O)c1cc(C(=O)NC(c2ccccc2)c2ccccn2)n(C)c1. The summed E-state index contributed by atoms with van der Waals surface area (Å²) in [5.74, 6) is -0.394. The number of carbonyl (C=O) groups is 1. The normalized spacial score (nSPS) is 12.5. The van der Waals surface area contributed by atoms with Crippen LogP contribution in [0.1, 0.15) is 27.8 Å². The van der Waals surface area contributed by atoms with Crippen LogP contribution in [-0.2, 0) is 17.1 Å². The highest BCUT2D eigenvalue weighted by molar-refractivity contribution is 7.89. The fourth-order valence-electron chi connectivity index (χ4n) is 2.75. The molecule has 1 aromatic carbocycles. The van der Waals surface area contributed by atoms with Crippen molar-refractivity contribution >= 4 is 15.9 Å². The van der Waals surface area contributed by atoms with Gasteiger partial charge in [-0.3, -0.25) is 9.78 Å². The molecule has 3 rings (SSSR count). The quantitative estimate of drug-likeness (QED) is 0.678. The highest BCUT2D eigenvalue weighted by Crippen LogP contribution is 2.21. The molecule has 1 atom stereocenters. The van der Waals surface area contributed by atoms with Gasteiger partial charge in [0, 0.05) is 19.4 Å². The summed E-state index contributed by atoms with van der Waals surface area (Å²) in [7, 11) is -0.675. The van der Waals surface area contributed by atoms with Crippen LogP contribution in [0.25, 0.3) is 0 Å². The number of aryl methyl sites for hydroxylation is 1. The van der Waals surface area contributed by atoms with Gasteiger partial charge in [-0.25, -0.2) is 13.1 Å². The van der Waals surface area contributed by atoms with Crippen molar-refractivity contribution in [2.45, 2.75) is 10.9 Å². The zero-order chi connectivity index (χ0) is 19.4. The molecule has 0 fully saturated rings. The van der Waals surface area contributed by atoms with Crippen molar-refractivity contribution in [3.63, 3.8) is 0 Å². The molecule has 7 nitrogen and oxygen atoms in total. The average molecular weight is 384 g/mol. The second kappa shape index (κ2) is 7.73. The highest BCUT2D eigenvalue weighted by Gasteiger charge is 2.23. The predicted octanol–water partition coefficient (Wildman–Crippen LogP) is 1.85. The summed E-state index contributed by atoms with van der Waals surface area (Å²) in [4.78, 5) is 17.3. The van der Waals surface area contributed by atoms with Crippen LogP contribution < -0.4 is 10.0 Å². The Labute approximate surface area is 158 Å². The lowest BCUT2D eigenvalue weighted by atomic mass is 10.0. The number of hydrogen-bond acceptors (Lipinski definition) is 4. The van der Waals surface area contributed by atoms with Gasteiger partial charge in [-0.1, -0.05) is 36.4 Å². The van der Waals surface area contributed by atoms with Crippen LogP contribution in [0.15, 0.2) is 71.9 Å². The second-order valence-corrected chi connectivity index (χ2v) is 7.84. The Bertz CT molecular complexity index is 992.